The maximum absolute atomic E-state index is 10.4. The molecule has 4 heteroatoms. The highest BCUT2D eigenvalue weighted by molar-refractivity contribution is 7.09. The van der Waals surface area contributed by atoms with E-state index in [-0.39, 0.29) is 0 Å². The highest BCUT2D eigenvalue weighted by Crippen LogP contribution is 2.25. The number of piperidine rings is 1. The van der Waals surface area contributed by atoms with Crippen molar-refractivity contribution >= 4 is 11.3 Å². The Hall–Kier alpha value is -0.450. The molecule has 0 saturated carbocycles. The molecule has 1 aliphatic rings. The number of hydrogen-bond donors (Lipinski definition) is 1. The average Bonchev–Trinajstić information content (AvgIpc) is 2.49. The number of likely N-dealkylation sites (N-methyl/N-ethyl adjacent to an activating group) is 1. The molecule has 0 bridgehead atoms. The minimum atomic E-state index is -0.558. The van der Waals surface area contributed by atoms with Crippen molar-refractivity contribution < 1.29 is 5.11 Å². The predicted octanol–water partition coefficient (Wildman–Crippen LogP) is 1.45. The molecule has 1 atom stereocenters. The summed E-state index contributed by atoms with van der Waals surface area (Å²) < 4.78 is 0. The lowest BCUT2D eigenvalue weighted by Crippen LogP contribution is -2.47. The summed E-state index contributed by atoms with van der Waals surface area (Å²) in [4.78, 5) is 6.61. The van der Waals surface area contributed by atoms with Gasteiger partial charge in [0.15, 0.2) is 0 Å². The summed E-state index contributed by atoms with van der Waals surface area (Å²) in [5.74, 6) is 0. The number of aliphatic hydroxyl groups is 1. The standard InChI is InChI=1S/C11H18N2OS/c1-9-7-15-10(12-9)6-11(14)4-3-5-13(2)8-11/h7,14H,3-6,8H2,1-2H3. The van der Waals surface area contributed by atoms with Crippen LogP contribution in [0.2, 0.25) is 0 Å². The lowest BCUT2D eigenvalue weighted by molar-refractivity contribution is -0.0224. The van der Waals surface area contributed by atoms with E-state index in [1.165, 1.54) is 0 Å². The van der Waals surface area contributed by atoms with Crippen LogP contribution in [0.25, 0.3) is 0 Å². The van der Waals surface area contributed by atoms with Gasteiger partial charge in [0.05, 0.1) is 10.6 Å². The van der Waals surface area contributed by atoms with Crippen molar-refractivity contribution in [3.05, 3.63) is 16.1 Å². The Morgan fingerprint density at radius 1 is 1.67 bits per heavy atom. The molecule has 0 spiro atoms. The largest absolute Gasteiger partial charge is 0.388 e. The van der Waals surface area contributed by atoms with Gasteiger partial charge >= 0.3 is 0 Å². The van der Waals surface area contributed by atoms with Gasteiger partial charge in [0, 0.05) is 24.0 Å². The Kier molecular flexibility index (Phi) is 3.09. The van der Waals surface area contributed by atoms with E-state index in [1.807, 2.05) is 12.3 Å². The van der Waals surface area contributed by atoms with Crippen LogP contribution in [0.5, 0.6) is 0 Å². The fraction of sp³-hybridized carbons (Fsp3) is 0.727. The summed E-state index contributed by atoms with van der Waals surface area (Å²) in [7, 11) is 2.07. The number of rotatable bonds is 2. The second-order valence-electron chi connectivity index (χ2n) is 4.63. The van der Waals surface area contributed by atoms with E-state index in [2.05, 4.69) is 16.9 Å². The molecule has 1 aromatic heterocycles. The van der Waals surface area contributed by atoms with Crippen LogP contribution in [0.15, 0.2) is 5.38 Å². The number of nitrogens with zero attached hydrogens (tertiary/aromatic N) is 2. The minimum absolute atomic E-state index is 0.558. The van der Waals surface area contributed by atoms with Gasteiger partial charge in [0.25, 0.3) is 0 Å². The average molecular weight is 226 g/mol. The Bertz CT molecular complexity index is 339. The molecule has 1 fully saturated rings. The fourth-order valence-electron chi connectivity index (χ4n) is 2.25. The van der Waals surface area contributed by atoms with E-state index >= 15 is 0 Å². The molecule has 1 aromatic rings. The van der Waals surface area contributed by atoms with Crippen molar-refractivity contribution in [2.75, 3.05) is 20.1 Å². The van der Waals surface area contributed by atoms with Gasteiger partial charge in [0.2, 0.25) is 0 Å². The van der Waals surface area contributed by atoms with Crippen LogP contribution in [-0.4, -0.2) is 40.7 Å². The van der Waals surface area contributed by atoms with Crippen molar-refractivity contribution in [1.29, 1.82) is 0 Å². The quantitative estimate of drug-likeness (QED) is 0.829. The first kappa shape index (κ1) is 11.0. The van der Waals surface area contributed by atoms with Gasteiger partial charge < -0.3 is 10.0 Å². The summed E-state index contributed by atoms with van der Waals surface area (Å²) in [6.07, 6.45) is 2.68. The molecular weight excluding hydrogens is 208 g/mol. The molecule has 15 heavy (non-hydrogen) atoms. The van der Waals surface area contributed by atoms with E-state index in [4.69, 9.17) is 0 Å². The van der Waals surface area contributed by atoms with Crippen LogP contribution in [0.4, 0.5) is 0 Å². The molecule has 0 amide bonds. The maximum Gasteiger partial charge on any atom is 0.0957 e. The first-order valence-electron chi connectivity index (χ1n) is 5.39. The maximum atomic E-state index is 10.4. The third kappa shape index (κ3) is 2.77. The van der Waals surface area contributed by atoms with Crippen LogP contribution >= 0.6 is 11.3 Å². The Balaban J connectivity index is 2.03. The van der Waals surface area contributed by atoms with E-state index in [0.29, 0.717) is 6.42 Å². The van der Waals surface area contributed by atoms with Gasteiger partial charge in [-0.2, -0.15) is 0 Å². The van der Waals surface area contributed by atoms with E-state index in [9.17, 15) is 5.11 Å². The smallest absolute Gasteiger partial charge is 0.0957 e. The summed E-state index contributed by atoms with van der Waals surface area (Å²) >= 11 is 1.65. The van der Waals surface area contributed by atoms with Gasteiger partial charge in [-0.15, -0.1) is 11.3 Å². The van der Waals surface area contributed by atoms with E-state index in [1.54, 1.807) is 11.3 Å². The third-order valence-corrected chi connectivity index (χ3v) is 3.86. The fourth-order valence-corrected chi connectivity index (χ4v) is 3.16. The molecule has 2 rings (SSSR count). The lowest BCUT2D eigenvalue weighted by atomic mass is 9.90. The van der Waals surface area contributed by atoms with Gasteiger partial charge in [0.1, 0.15) is 0 Å². The molecule has 0 aromatic carbocycles. The number of aryl methyl sites for hydroxylation is 1. The zero-order chi connectivity index (χ0) is 10.9. The van der Waals surface area contributed by atoms with Crippen molar-refractivity contribution in [3.63, 3.8) is 0 Å². The van der Waals surface area contributed by atoms with Crippen LogP contribution in [-0.2, 0) is 6.42 Å². The number of likely N-dealkylation sites (tertiary alicyclic amines) is 1. The lowest BCUT2D eigenvalue weighted by Gasteiger charge is -2.36. The molecule has 1 N–H and O–H groups in total. The number of hydrogen-bond acceptors (Lipinski definition) is 4. The summed E-state index contributed by atoms with van der Waals surface area (Å²) in [5.41, 5.74) is 0.500. The third-order valence-electron chi connectivity index (χ3n) is 2.89. The monoisotopic (exact) mass is 226 g/mol. The van der Waals surface area contributed by atoms with Gasteiger partial charge in [-0.05, 0) is 33.4 Å². The number of thiazole rings is 1. The molecule has 0 radical (unpaired) electrons. The predicted molar refractivity (Wildman–Crippen MR) is 62.2 cm³/mol. The molecule has 1 saturated heterocycles. The van der Waals surface area contributed by atoms with Crippen LogP contribution in [0, 0.1) is 6.92 Å². The van der Waals surface area contributed by atoms with Crippen LogP contribution < -0.4 is 0 Å². The Morgan fingerprint density at radius 2 is 2.47 bits per heavy atom. The molecule has 1 unspecified atom stereocenters. The van der Waals surface area contributed by atoms with Crippen molar-refractivity contribution in [1.82, 2.24) is 9.88 Å². The minimum Gasteiger partial charge on any atom is -0.388 e. The van der Waals surface area contributed by atoms with Gasteiger partial charge in [-0.25, -0.2) is 4.98 Å². The zero-order valence-electron chi connectivity index (χ0n) is 9.36. The second-order valence-corrected chi connectivity index (χ2v) is 5.57. The molecule has 1 aliphatic heterocycles. The molecule has 84 valence electrons. The SMILES string of the molecule is Cc1csc(CC2(O)CCCN(C)C2)n1. The van der Waals surface area contributed by atoms with E-state index in [0.717, 1.165) is 36.6 Å². The number of β-amino-alcohol motifs (C(OH)–C–C–N with tert-alkyl or cyclic N) is 1. The normalized spacial score (nSPS) is 28.2. The summed E-state index contributed by atoms with van der Waals surface area (Å²) in [5, 5.41) is 13.5. The first-order valence-corrected chi connectivity index (χ1v) is 6.27. The van der Waals surface area contributed by atoms with E-state index < -0.39 is 5.60 Å². The second kappa shape index (κ2) is 4.20. The van der Waals surface area contributed by atoms with Crippen molar-refractivity contribution in [2.24, 2.45) is 0 Å². The topological polar surface area (TPSA) is 36.4 Å². The van der Waals surface area contributed by atoms with Crippen molar-refractivity contribution in [2.45, 2.75) is 31.8 Å². The Labute approximate surface area is 94.8 Å². The summed E-state index contributed by atoms with van der Waals surface area (Å²) in [6, 6.07) is 0. The molecule has 0 aliphatic carbocycles. The van der Waals surface area contributed by atoms with Crippen molar-refractivity contribution in [3.8, 4) is 0 Å². The first-order chi connectivity index (χ1) is 7.07. The van der Waals surface area contributed by atoms with Crippen LogP contribution in [0.3, 0.4) is 0 Å². The molecule has 3 nitrogen and oxygen atoms in total. The van der Waals surface area contributed by atoms with Gasteiger partial charge in [-0.3, -0.25) is 0 Å². The number of aromatic nitrogens is 1. The molecule has 2 heterocycles. The highest BCUT2D eigenvalue weighted by atomic mass is 32.1. The van der Waals surface area contributed by atoms with Gasteiger partial charge in [-0.1, -0.05) is 0 Å². The van der Waals surface area contributed by atoms with Crippen LogP contribution in [0.1, 0.15) is 23.5 Å². The molecular formula is C11H18N2OS. The Morgan fingerprint density at radius 3 is 3.07 bits per heavy atom. The highest BCUT2D eigenvalue weighted by Gasteiger charge is 2.32. The summed E-state index contributed by atoms with van der Waals surface area (Å²) in [6.45, 7) is 3.86. The zero-order valence-corrected chi connectivity index (χ0v) is 10.2.